The van der Waals surface area contributed by atoms with Crippen molar-refractivity contribution in [1.82, 2.24) is 4.98 Å². The summed E-state index contributed by atoms with van der Waals surface area (Å²) in [5.41, 5.74) is 0.225. The summed E-state index contributed by atoms with van der Waals surface area (Å²) in [5.74, 6) is -0.269. The molecule has 1 saturated heterocycles. The Morgan fingerprint density at radius 2 is 2.44 bits per heavy atom. The average molecular weight is 267 g/mol. The van der Waals surface area contributed by atoms with Gasteiger partial charge in [-0.15, -0.1) is 11.3 Å². The molecule has 98 valence electrons. The minimum atomic E-state index is -0.745. The first-order valence-corrected chi connectivity index (χ1v) is 7.26. The summed E-state index contributed by atoms with van der Waals surface area (Å²) in [5, 5.41) is 12.6. The smallest absolute Gasteiger partial charge is 0.312 e. The van der Waals surface area contributed by atoms with Gasteiger partial charge in [-0.2, -0.15) is 0 Å². The molecule has 1 saturated carbocycles. The molecule has 0 amide bonds. The predicted molar refractivity (Wildman–Crippen MR) is 67.7 cm³/mol. The Kier molecular flexibility index (Phi) is 2.90. The predicted octanol–water partition coefficient (Wildman–Crippen LogP) is 2.26. The number of carboxylic acids is 1. The second-order valence-electron chi connectivity index (χ2n) is 5.40. The van der Waals surface area contributed by atoms with Crippen LogP contribution in [0.25, 0.3) is 0 Å². The Hall–Kier alpha value is -0.940. The van der Waals surface area contributed by atoms with Gasteiger partial charge < -0.3 is 9.84 Å². The molecule has 2 atom stereocenters. The third-order valence-corrected chi connectivity index (χ3v) is 4.97. The van der Waals surface area contributed by atoms with E-state index in [4.69, 9.17) is 4.74 Å². The SMILES string of the molecule is Cc1csc(CC2(C(=O)O)CCOC2C2CC2)n1. The van der Waals surface area contributed by atoms with Gasteiger partial charge in [0.15, 0.2) is 0 Å². The fourth-order valence-electron chi connectivity index (χ4n) is 2.90. The summed E-state index contributed by atoms with van der Waals surface area (Å²) in [6.45, 7) is 2.51. The van der Waals surface area contributed by atoms with Crippen LogP contribution in [0.1, 0.15) is 30.0 Å². The second-order valence-corrected chi connectivity index (χ2v) is 6.34. The Balaban J connectivity index is 1.88. The van der Waals surface area contributed by atoms with E-state index < -0.39 is 11.4 Å². The number of aryl methyl sites for hydroxylation is 1. The van der Waals surface area contributed by atoms with Gasteiger partial charge in [-0.3, -0.25) is 4.79 Å². The first-order valence-electron chi connectivity index (χ1n) is 6.38. The number of hydrogen-bond acceptors (Lipinski definition) is 4. The van der Waals surface area contributed by atoms with Gasteiger partial charge in [0.25, 0.3) is 0 Å². The van der Waals surface area contributed by atoms with Gasteiger partial charge in [0.2, 0.25) is 0 Å². The number of aliphatic carboxylic acids is 1. The van der Waals surface area contributed by atoms with E-state index in [1.807, 2.05) is 12.3 Å². The maximum Gasteiger partial charge on any atom is 0.312 e. The van der Waals surface area contributed by atoms with E-state index in [2.05, 4.69) is 4.98 Å². The third-order valence-electron chi connectivity index (χ3n) is 4.00. The van der Waals surface area contributed by atoms with Gasteiger partial charge in [0.05, 0.1) is 11.1 Å². The first-order chi connectivity index (χ1) is 8.62. The molecule has 2 unspecified atom stereocenters. The molecule has 1 aromatic heterocycles. The highest BCUT2D eigenvalue weighted by Gasteiger charge is 2.56. The molecule has 2 heterocycles. The highest BCUT2D eigenvalue weighted by Crippen LogP contribution is 2.49. The molecule has 0 radical (unpaired) electrons. The van der Waals surface area contributed by atoms with Gasteiger partial charge >= 0.3 is 5.97 Å². The normalized spacial score (nSPS) is 31.7. The summed E-state index contributed by atoms with van der Waals surface area (Å²) in [6.07, 6.45) is 3.23. The molecule has 1 aromatic rings. The van der Waals surface area contributed by atoms with E-state index in [1.54, 1.807) is 11.3 Å². The van der Waals surface area contributed by atoms with Crippen LogP contribution >= 0.6 is 11.3 Å². The maximum atomic E-state index is 11.8. The van der Waals surface area contributed by atoms with Crippen molar-refractivity contribution in [3.63, 3.8) is 0 Å². The zero-order chi connectivity index (χ0) is 12.8. The molecular weight excluding hydrogens is 250 g/mol. The Morgan fingerprint density at radius 3 is 3.00 bits per heavy atom. The quantitative estimate of drug-likeness (QED) is 0.909. The van der Waals surface area contributed by atoms with Gasteiger partial charge in [-0.25, -0.2) is 4.98 Å². The van der Waals surface area contributed by atoms with Crippen molar-refractivity contribution in [2.75, 3.05) is 6.61 Å². The highest BCUT2D eigenvalue weighted by molar-refractivity contribution is 7.09. The minimum absolute atomic E-state index is 0.112. The van der Waals surface area contributed by atoms with Crippen LogP contribution in [-0.4, -0.2) is 28.8 Å². The Labute approximate surface area is 110 Å². The molecule has 0 aromatic carbocycles. The summed E-state index contributed by atoms with van der Waals surface area (Å²) >= 11 is 1.56. The van der Waals surface area contributed by atoms with Crippen molar-refractivity contribution in [2.24, 2.45) is 11.3 Å². The number of rotatable bonds is 4. The number of ether oxygens (including phenoxy) is 1. The number of carboxylic acid groups (broad SMARTS) is 1. The summed E-state index contributed by atoms with van der Waals surface area (Å²) < 4.78 is 5.73. The molecule has 2 fully saturated rings. The van der Waals surface area contributed by atoms with Crippen LogP contribution in [0.3, 0.4) is 0 Å². The summed E-state index contributed by atoms with van der Waals surface area (Å²) in [4.78, 5) is 16.2. The average Bonchev–Trinajstić information content (AvgIpc) is 2.95. The number of carbonyl (C=O) groups is 1. The Morgan fingerprint density at radius 1 is 1.67 bits per heavy atom. The van der Waals surface area contributed by atoms with E-state index in [1.165, 1.54) is 0 Å². The van der Waals surface area contributed by atoms with Crippen LogP contribution in [0.5, 0.6) is 0 Å². The van der Waals surface area contributed by atoms with Crippen LogP contribution in [0.2, 0.25) is 0 Å². The molecular formula is C13H17NO3S. The molecule has 2 aliphatic rings. The van der Waals surface area contributed by atoms with E-state index >= 15 is 0 Å². The maximum absolute atomic E-state index is 11.8. The highest BCUT2D eigenvalue weighted by atomic mass is 32.1. The van der Waals surface area contributed by atoms with Crippen LogP contribution in [0.15, 0.2) is 5.38 Å². The zero-order valence-electron chi connectivity index (χ0n) is 10.4. The number of thiazole rings is 1. The Bertz CT molecular complexity index is 469. The summed E-state index contributed by atoms with van der Waals surface area (Å²) in [6, 6.07) is 0. The number of nitrogens with zero attached hydrogens (tertiary/aromatic N) is 1. The molecule has 4 nitrogen and oxygen atoms in total. The van der Waals surface area contributed by atoms with Crippen molar-refractivity contribution >= 4 is 17.3 Å². The van der Waals surface area contributed by atoms with E-state index in [0.29, 0.717) is 25.4 Å². The van der Waals surface area contributed by atoms with Gasteiger partial charge in [-0.1, -0.05) is 0 Å². The largest absolute Gasteiger partial charge is 0.481 e. The van der Waals surface area contributed by atoms with E-state index in [9.17, 15) is 9.90 Å². The van der Waals surface area contributed by atoms with Crippen LogP contribution in [0, 0.1) is 18.3 Å². The molecule has 18 heavy (non-hydrogen) atoms. The molecule has 1 aliphatic carbocycles. The zero-order valence-corrected chi connectivity index (χ0v) is 11.2. The second kappa shape index (κ2) is 4.31. The molecule has 0 spiro atoms. The van der Waals surface area contributed by atoms with Crippen molar-refractivity contribution in [1.29, 1.82) is 0 Å². The number of aromatic nitrogens is 1. The van der Waals surface area contributed by atoms with E-state index in [-0.39, 0.29) is 6.10 Å². The van der Waals surface area contributed by atoms with Gasteiger partial charge in [0.1, 0.15) is 5.41 Å². The first kappa shape index (κ1) is 12.1. The fourth-order valence-corrected chi connectivity index (χ4v) is 3.80. The lowest BCUT2D eigenvalue weighted by Crippen LogP contribution is -2.42. The lowest BCUT2D eigenvalue weighted by molar-refractivity contribution is -0.153. The van der Waals surface area contributed by atoms with Gasteiger partial charge in [-0.05, 0) is 32.1 Å². The van der Waals surface area contributed by atoms with Gasteiger partial charge in [0, 0.05) is 24.1 Å². The van der Waals surface area contributed by atoms with Crippen LogP contribution in [-0.2, 0) is 16.0 Å². The molecule has 5 heteroatoms. The van der Waals surface area contributed by atoms with Crippen LogP contribution in [0.4, 0.5) is 0 Å². The van der Waals surface area contributed by atoms with Crippen LogP contribution < -0.4 is 0 Å². The van der Waals surface area contributed by atoms with Crippen molar-refractivity contribution in [3.05, 3.63) is 16.1 Å². The molecule has 1 aliphatic heterocycles. The molecule has 1 N–H and O–H groups in total. The lowest BCUT2D eigenvalue weighted by atomic mass is 9.76. The van der Waals surface area contributed by atoms with Crippen molar-refractivity contribution in [3.8, 4) is 0 Å². The minimum Gasteiger partial charge on any atom is -0.481 e. The number of hydrogen-bond donors (Lipinski definition) is 1. The standard InChI is InChI=1S/C13H17NO3S/c1-8-7-18-10(14-8)6-13(12(15)16)4-5-17-11(13)9-2-3-9/h7,9,11H,2-6H2,1H3,(H,15,16). The fraction of sp³-hybridized carbons (Fsp3) is 0.692. The van der Waals surface area contributed by atoms with E-state index in [0.717, 1.165) is 23.5 Å². The summed E-state index contributed by atoms with van der Waals surface area (Å²) in [7, 11) is 0. The third kappa shape index (κ3) is 1.95. The molecule has 3 rings (SSSR count). The van der Waals surface area contributed by atoms with Crippen molar-refractivity contribution < 1.29 is 14.6 Å². The monoisotopic (exact) mass is 267 g/mol. The lowest BCUT2D eigenvalue weighted by Gasteiger charge is -2.29. The van der Waals surface area contributed by atoms with Crippen molar-refractivity contribution in [2.45, 2.75) is 38.7 Å². The molecule has 0 bridgehead atoms. The topological polar surface area (TPSA) is 59.4 Å².